The van der Waals surface area contributed by atoms with Gasteiger partial charge in [-0.3, -0.25) is 4.79 Å². The molecule has 104 valence electrons. The molecule has 0 radical (unpaired) electrons. The average Bonchev–Trinajstić information content (AvgIpc) is 2.89. The number of para-hydroxylation sites is 1. The van der Waals surface area contributed by atoms with E-state index in [4.69, 9.17) is 5.73 Å². The summed E-state index contributed by atoms with van der Waals surface area (Å²) in [5.41, 5.74) is 7.32. The van der Waals surface area contributed by atoms with Crippen molar-refractivity contribution in [1.82, 2.24) is 10.3 Å². The van der Waals surface area contributed by atoms with Crippen molar-refractivity contribution in [2.75, 3.05) is 6.54 Å². The molecular formula is C16H19N3O. The molecule has 2 unspecified atom stereocenters. The maximum Gasteiger partial charge on any atom is 0.269 e. The molecule has 1 saturated carbocycles. The number of hydrogen-bond donors (Lipinski definition) is 2. The van der Waals surface area contributed by atoms with Gasteiger partial charge < -0.3 is 11.1 Å². The molecule has 1 fully saturated rings. The molecule has 3 N–H and O–H groups in total. The lowest BCUT2D eigenvalue weighted by atomic mass is 10.0. The second-order valence-corrected chi connectivity index (χ2v) is 5.45. The number of fused-ring (bicyclic) bond motifs is 1. The largest absolute Gasteiger partial charge is 0.350 e. The lowest BCUT2D eigenvalue weighted by Gasteiger charge is -2.15. The summed E-state index contributed by atoms with van der Waals surface area (Å²) in [4.78, 5) is 16.5. The van der Waals surface area contributed by atoms with Gasteiger partial charge in [-0.25, -0.2) is 4.98 Å². The maximum atomic E-state index is 12.1. The summed E-state index contributed by atoms with van der Waals surface area (Å²) in [6.45, 7) is 0.647. The highest BCUT2D eigenvalue weighted by Crippen LogP contribution is 2.23. The summed E-state index contributed by atoms with van der Waals surface area (Å²) in [7, 11) is 0. The molecule has 0 saturated heterocycles. The van der Waals surface area contributed by atoms with Crippen molar-refractivity contribution in [3.63, 3.8) is 0 Å². The van der Waals surface area contributed by atoms with E-state index in [0.29, 0.717) is 18.2 Å². The number of carbonyl (C=O) groups is 1. The van der Waals surface area contributed by atoms with Crippen LogP contribution in [0.1, 0.15) is 29.8 Å². The topological polar surface area (TPSA) is 68.0 Å². The van der Waals surface area contributed by atoms with E-state index in [-0.39, 0.29) is 11.9 Å². The lowest BCUT2D eigenvalue weighted by Crippen LogP contribution is -2.36. The Bertz CT molecular complexity index is 626. The number of hydrogen-bond acceptors (Lipinski definition) is 3. The van der Waals surface area contributed by atoms with Crippen molar-refractivity contribution in [3.8, 4) is 0 Å². The standard InChI is InChI=1S/C16H19N3O/c17-13-6-3-5-12(13)10-18-16(20)15-9-8-11-4-1-2-7-14(11)19-15/h1-2,4,7-9,12-13H,3,5-6,10,17H2,(H,18,20). The Balaban J connectivity index is 1.69. The van der Waals surface area contributed by atoms with Crippen LogP contribution in [-0.4, -0.2) is 23.5 Å². The van der Waals surface area contributed by atoms with Gasteiger partial charge in [-0.05, 0) is 30.9 Å². The number of aromatic nitrogens is 1. The zero-order valence-corrected chi connectivity index (χ0v) is 11.4. The second-order valence-electron chi connectivity index (χ2n) is 5.45. The van der Waals surface area contributed by atoms with Crippen molar-refractivity contribution < 1.29 is 4.79 Å². The van der Waals surface area contributed by atoms with Crippen molar-refractivity contribution in [1.29, 1.82) is 0 Å². The van der Waals surface area contributed by atoms with Gasteiger partial charge in [-0.1, -0.05) is 30.7 Å². The number of nitrogens with two attached hydrogens (primary N) is 1. The molecule has 1 aliphatic rings. The van der Waals surface area contributed by atoms with Crippen LogP contribution in [0.25, 0.3) is 10.9 Å². The average molecular weight is 269 g/mol. The summed E-state index contributed by atoms with van der Waals surface area (Å²) < 4.78 is 0. The predicted octanol–water partition coefficient (Wildman–Crippen LogP) is 2.09. The molecule has 4 heteroatoms. The Hall–Kier alpha value is -1.94. The summed E-state index contributed by atoms with van der Waals surface area (Å²) in [5, 5.41) is 4.00. The molecule has 1 heterocycles. The second kappa shape index (κ2) is 5.59. The molecule has 0 spiro atoms. The third kappa shape index (κ3) is 2.65. The van der Waals surface area contributed by atoms with E-state index in [0.717, 1.165) is 30.2 Å². The highest BCUT2D eigenvalue weighted by molar-refractivity contribution is 5.94. The first-order valence-corrected chi connectivity index (χ1v) is 7.13. The third-order valence-electron chi connectivity index (χ3n) is 4.07. The van der Waals surface area contributed by atoms with Crippen LogP contribution in [0.3, 0.4) is 0 Å². The molecule has 4 nitrogen and oxygen atoms in total. The van der Waals surface area contributed by atoms with Gasteiger partial charge in [0.2, 0.25) is 0 Å². The minimum Gasteiger partial charge on any atom is -0.350 e. The number of carbonyl (C=O) groups excluding carboxylic acids is 1. The Morgan fingerprint density at radius 1 is 1.25 bits per heavy atom. The minimum atomic E-state index is -0.116. The molecule has 0 aliphatic heterocycles. The third-order valence-corrected chi connectivity index (χ3v) is 4.07. The van der Waals surface area contributed by atoms with Crippen LogP contribution in [0, 0.1) is 5.92 Å². The predicted molar refractivity (Wildman–Crippen MR) is 79.4 cm³/mol. The Morgan fingerprint density at radius 3 is 2.90 bits per heavy atom. The summed E-state index contributed by atoms with van der Waals surface area (Å²) in [6.07, 6.45) is 3.33. The van der Waals surface area contributed by atoms with Crippen LogP contribution < -0.4 is 11.1 Å². The molecule has 1 aromatic carbocycles. The van der Waals surface area contributed by atoms with Crippen LogP contribution in [0.4, 0.5) is 0 Å². The van der Waals surface area contributed by atoms with Crippen molar-refractivity contribution in [2.45, 2.75) is 25.3 Å². The van der Waals surface area contributed by atoms with E-state index in [1.807, 2.05) is 30.3 Å². The summed E-state index contributed by atoms with van der Waals surface area (Å²) >= 11 is 0. The van der Waals surface area contributed by atoms with E-state index in [2.05, 4.69) is 10.3 Å². The first kappa shape index (κ1) is 13.1. The Labute approximate surface area is 118 Å². The van der Waals surface area contributed by atoms with Crippen LogP contribution in [0.2, 0.25) is 0 Å². The van der Waals surface area contributed by atoms with Gasteiger partial charge in [-0.2, -0.15) is 0 Å². The highest BCUT2D eigenvalue weighted by Gasteiger charge is 2.24. The summed E-state index contributed by atoms with van der Waals surface area (Å²) in [5.74, 6) is 0.286. The molecule has 20 heavy (non-hydrogen) atoms. The zero-order valence-electron chi connectivity index (χ0n) is 11.4. The molecule has 3 rings (SSSR count). The lowest BCUT2D eigenvalue weighted by molar-refractivity contribution is 0.0942. The fourth-order valence-corrected chi connectivity index (χ4v) is 2.83. The van der Waals surface area contributed by atoms with E-state index >= 15 is 0 Å². The van der Waals surface area contributed by atoms with Gasteiger partial charge in [0, 0.05) is 18.0 Å². The minimum absolute atomic E-state index is 0.116. The van der Waals surface area contributed by atoms with E-state index < -0.39 is 0 Å². The zero-order chi connectivity index (χ0) is 13.9. The number of pyridine rings is 1. The Morgan fingerprint density at radius 2 is 2.10 bits per heavy atom. The molecule has 1 aliphatic carbocycles. The van der Waals surface area contributed by atoms with Crippen LogP contribution in [-0.2, 0) is 0 Å². The summed E-state index contributed by atoms with van der Waals surface area (Å²) in [6, 6.07) is 11.7. The van der Waals surface area contributed by atoms with Crippen molar-refractivity contribution >= 4 is 16.8 Å². The van der Waals surface area contributed by atoms with Gasteiger partial charge in [0.15, 0.2) is 0 Å². The van der Waals surface area contributed by atoms with E-state index in [9.17, 15) is 4.79 Å². The first-order valence-electron chi connectivity index (χ1n) is 7.13. The molecule has 1 amide bonds. The monoisotopic (exact) mass is 269 g/mol. The normalized spacial score (nSPS) is 22.1. The molecule has 0 bridgehead atoms. The van der Waals surface area contributed by atoms with Crippen LogP contribution in [0.15, 0.2) is 36.4 Å². The van der Waals surface area contributed by atoms with E-state index in [1.165, 1.54) is 0 Å². The number of rotatable bonds is 3. The van der Waals surface area contributed by atoms with Gasteiger partial charge in [0.05, 0.1) is 5.52 Å². The number of benzene rings is 1. The van der Waals surface area contributed by atoms with Gasteiger partial charge in [-0.15, -0.1) is 0 Å². The quantitative estimate of drug-likeness (QED) is 0.896. The van der Waals surface area contributed by atoms with Crippen LogP contribution in [0.5, 0.6) is 0 Å². The van der Waals surface area contributed by atoms with Crippen molar-refractivity contribution in [2.24, 2.45) is 11.7 Å². The molecule has 2 atom stereocenters. The van der Waals surface area contributed by atoms with Gasteiger partial charge in [0.1, 0.15) is 5.69 Å². The van der Waals surface area contributed by atoms with Crippen LogP contribution >= 0.6 is 0 Å². The fourth-order valence-electron chi connectivity index (χ4n) is 2.83. The number of nitrogens with one attached hydrogen (secondary N) is 1. The van der Waals surface area contributed by atoms with E-state index in [1.54, 1.807) is 6.07 Å². The molecular weight excluding hydrogens is 250 g/mol. The fraction of sp³-hybridized carbons (Fsp3) is 0.375. The van der Waals surface area contributed by atoms with Gasteiger partial charge in [0.25, 0.3) is 5.91 Å². The number of nitrogens with zero attached hydrogens (tertiary/aromatic N) is 1. The van der Waals surface area contributed by atoms with Gasteiger partial charge >= 0.3 is 0 Å². The smallest absolute Gasteiger partial charge is 0.269 e. The molecule has 1 aromatic heterocycles. The highest BCUT2D eigenvalue weighted by atomic mass is 16.1. The SMILES string of the molecule is NC1CCCC1CNC(=O)c1ccc2ccccc2n1. The Kier molecular flexibility index (Phi) is 3.65. The molecule has 2 aromatic rings. The van der Waals surface area contributed by atoms with Crippen molar-refractivity contribution in [3.05, 3.63) is 42.1 Å². The maximum absolute atomic E-state index is 12.1. The first-order chi connectivity index (χ1) is 9.74. The number of amides is 1.